The number of halogens is 1. The molecule has 4 aromatic carbocycles. The molecule has 4 aromatic rings. The Morgan fingerprint density at radius 2 is 1.77 bits per heavy atom. The number of methoxy groups -OCH3 is 1. The van der Waals surface area contributed by atoms with E-state index in [0.717, 1.165) is 33.7 Å². The number of hydrogen-bond donors (Lipinski definition) is 0. The van der Waals surface area contributed by atoms with E-state index in [0.29, 0.717) is 26.4 Å². The van der Waals surface area contributed by atoms with Crippen LogP contribution >= 0.6 is 27.7 Å². The van der Waals surface area contributed by atoms with Crippen molar-refractivity contribution < 1.29 is 24.0 Å². The fourth-order valence-electron chi connectivity index (χ4n) is 4.22. The number of fused-ring (bicyclic) bond motifs is 1. The molecule has 196 valence electrons. The van der Waals surface area contributed by atoms with E-state index in [9.17, 15) is 19.7 Å². The highest BCUT2D eigenvalue weighted by Crippen LogP contribution is 2.40. The highest BCUT2D eigenvalue weighted by molar-refractivity contribution is 9.10. The van der Waals surface area contributed by atoms with Crippen LogP contribution in [0.1, 0.15) is 16.7 Å². The molecule has 2 amide bonds. The number of non-ortho nitro benzene ring substituents is 1. The van der Waals surface area contributed by atoms with Gasteiger partial charge in [-0.2, -0.15) is 0 Å². The van der Waals surface area contributed by atoms with Gasteiger partial charge in [-0.3, -0.25) is 24.6 Å². The van der Waals surface area contributed by atoms with E-state index < -0.39 is 4.92 Å². The lowest BCUT2D eigenvalue weighted by molar-refractivity contribution is -0.384. The fourth-order valence-corrected chi connectivity index (χ4v) is 5.63. The summed E-state index contributed by atoms with van der Waals surface area (Å²) in [5, 5.41) is 12.6. The van der Waals surface area contributed by atoms with Gasteiger partial charge in [-0.25, -0.2) is 0 Å². The van der Waals surface area contributed by atoms with Crippen molar-refractivity contribution in [3.8, 4) is 11.5 Å². The SMILES string of the molecule is COc1cc(/C=C2/SC(=O)N(Cc3cccc4ccccc34)C2=O)cc(Br)c1OCc1ccc([N+](=O)[O-])cc1. The van der Waals surface area contributed by atoms with Crippen LogP contribution in [0.25, 0.3) is 16.8 Å². The van der Waals surface area contributed by atoms with Crippen LogP contribution in [-0.2, 0) is 17.9 Å². The summed E-state index contributed by atoms with van der Waals surface area (Å²) >= 11 is 4.40. The molecule has 5 rings (SSSR count). The van der Waals surface area contributed by atoms with Crippen molar-refractivity contribution in [2.75, 3.05) is 7.11 Å². The van der Waals surface area contributed by atoms with Crippen LogP contribution < -0.4 is 9.47 Å². The van der Waals surface area contributed by atoms with Crippen molar-refractivity contribution in [2.24, 2.45) is 0 Å². The summed E-state index contributed by atoms with van der Waals surface area (Å²) < 4.78 is 12.0. The zero-order chi connectivity index (χ0) is 27.5. The first-order valence-electron chi connectivity index (χ1n) is 11.8. The number of carbonyl (C=O) groups is 2. The molecule has 0 bridgehead atoms. The Bertz CT molecular complexity index is 1630. The summed E-state index contributed by atoms with van der Waals surface area (Å²) in [5.41, 5.74) is 2.30. The lowest BCUT2D eigenvalue weighted by atomic mass is 10.0. The molecular formula is C29H21BrN2O6S. The van der Waals surface area contributed by atoms with Gasteiger partial charge in [0.1, 0.15) is 6.61 Å². The number of thioether (sulfide) groups is 1. The van der Waals surface area contributed by atoms with Gasteiger partial charge in [-0.05, 0) is 85.5 Å². The molecule has 0 saturated carbocycles. The van der Waals surface area contributed by atoms with Gasteiger partial charge in [0.25, 0.3) is 16.8 Å². The van der Waals surface area contributed by atoms with Crippen LogP contribution in [0.15, 0.2) is 88.2 Å². The predicted molar refractivity (Wildman–Crippen MR) is 154 cm³/mol. The van der Waals surface area contributed by atoms with Crippen molar-refractivity contribution in [2.45, 2.75) is 13.2 Å². The van der Waals surface area contributed by atoms with Crippen LogP contribution in [0.5, 0.6) is 11.5 Å². The first-order valence-corrected chi connectivity index (χ1v) is 13.4. The standard InChI is InChI=1S/C29H21BrN2O6S/c1-37-25-14-19(13-24(30)27(25)38-17-18-9-11-22(12-10-18)32(35)36)15-26-28(33)31(29(34)39-26)16-21-7-4-6-20-5-2-3-8-23(20)21/h2-15H,16-17H2,1H3/b26-15+. The van der Waals surface area contributed by atoms with Gasteiger partial charge in [0, 0.05) is 12.1 Å². The molecule has 8 nitrogen and oxygen atoms in total. The molecule has 39 heavy (non-hydrogen) atoms. The van der Waals surface area contributed by atoms with E-state index in [1.807, 2.05) is 42.5 Å². The van der Waals surface area contributed by atoms with Crippen molar-refractivity contribution in [1.82, 2.24) is 4.90 Å². The second kappa shape index (κ2) is 11.3. The summed E-state index contributed by atoms with van der Waals surface area (Å²) in [7, 11) is 1.50. The number of nitrogens with zero attached hydrogens (tertiary/aromatic N) is 2. The molecule has 0 aliphatic carbocycles. The van der Waals surface area contributed by atoms with E-state index in [-0.39, 0.29) is 30.0 Å². The molecule has 1 saturated heterocycles. The van der Waals surface area contributed by atoms with E-state index in [4.69, 9.17) is 9.47 Å². The first kappa shape index (κ1) is 26.5. The Kier molecular flexibility index (Phi) is 7.67. The molecule has 1 fully saturated rings. The largest absolute Gasteiger partial charge is 0.493 e. The summed E-state index contributed by atoms with van der Waals surface area (Å²) in [6, 6.07) is 23.3. The zero-order valence-electron chi connectivity index (χ0n) is 20.6. The minimum atomic E-state index is -0.457. The summed E-state index contributed by atoms with van der Waals surface area (Å²) in [4.78, 5) is 38.0. The van der Waals surface area contributed by atoms with E-state index in [1.54, 1.807) is 30.3 Å². The number of carbonyl (C=O) groups excluding carboxylic acids is 2. The highest BCUT2D eigenvalue weighted by Gasteiger charge is 2.35. The second-order valence-electron chi connectivity index (χ2n) is 8.65. The van der Waals surface area contributed by atoms with Gasteiger partial charge in [0.15, 0.2) is 11.5 Å². The molecule has 0 N–H and O–H groups in total. The van der Waals surface area contributed by atoms with Crippen LogP contribution in [0.3, 0.4) is 0 Å². The molecule has 0 atom stereocenters. The number of rotatable bonds is 8. The lowest BCUT2D eigenvalue weighted by Crippen LogP contribution is -2.27. The Morgan fingerprint density at radius 1 is 1.03 bits per heavy atom. The molecule has 1 aliphatic heterocycles. The number of nitro benzene ring substituents is 1. The average molecular weight is 605 g/mol. The third-order valence-electron chi connectivity index (χ3n) is 6.16. The minimum Gasteiger partial charge on any atom is -0.493 e. The summed E-state index contributed by atoms with van der Waals surface area (Å²) in [5.74, 6) is 0.510. The molecule has 1 heterocycles. The van der Waals surface area contributed by atoms with Gasteiger partial charge in [0.2, 0.25) is 0 Å². The van der Waals surface area contributed by atoms with Crippen LogP contribution in [0.4, 0.5) is 10.5 Å². The van der Waals surface area contributed by atoms with Gasteiger partial charge in [-0.1, -0.05) is 42.5 Å². The summed E-state index contributed by atoms with van der Waals surface area (Å²) in [6.07, 6.45) is 1.65. The Morgan fingerprint density at radius 3 is 2.51 bits per heavy atom. The molecule has 10 heteroatoms. The monoisotopic (exact) mass is 604 g/mol. The lowest BCUT2D eigenvalue weighted by Gasteiger charge is -2.15. The van der Waals surface area contributed by atoms with Gasteiger partial charge in [0.05, 0.1) is 28.0 Å². The maximum Gasteiger partial charge on any atom is 0.293 e. The van der Waals surface area contributed by atoms with Crippen LogP contribution in [0, 0.1) is 10.1 Å². The number of amides is 2. The average Bonchev–Trinajstić information content (AvgIpc) is 3.19. The number of imide groups is 1. The fraction of sp³-hybridized carbons (Fsp3) is 0.103. The molecule has 1 aliphatic rings. The van der Waals surface area contributed by atoms with Crippen molar-refractivity contribution in [3.63, 3.8) is 0 Å². The zero-order valence-corrected chi connectivity index (χ0v) is 23.0. The van der Waals surface area contributed by atoms with Crippen molar-refractivity contribution in [1.29, 1.82) is 0 Å². The van der Waals surface area contributed by atoms with E-state index >= 15 is 0 Å². The second-order valence-corrected chi connectivity index (χ2v) is 10.5. The number of ether oxygens (including phenoxy) is 2. The topological polar surface area (TPSA) is 99.0 Å². The quantitative estimate of drug-likeness (QED) is 0.118. The van der Waals surface area contributed by atoms with Gasteiger partial charge >= 0.3 is 0 Å². The number of benzene rings is 4. The number of hydrogen-bond acceptors (Lipinski definition) is 7. The third-order valence-corrected chi connectivity index (χ3v) is 7.66. The first-order chi connectivity index (χ1) is 18.8. The van der Waals surface area contributed by atoms with Gasteiger partial charge < -0.3 is 9.47 Å². The molecular weight excluding hydrogens is 584 g/mol. The maximum atomic E-state index is 13.2. The van der Waals surface area contributed by atoms with Crippen molar-refractivity contribution >= 4 is 61.4 Å². The van der Waals surface area contributed by atoms with Crippen LogP contribution in [-0.4, -0.2) is 28.1 Å². The van der Waals surface area contributed by atoms with Gasteiger partial charge in [-0.15, -0.1) is 0 Å². The predicted octanol–water partition coefficient (Wildman–Crippen LogP) is 7.33. The maximum absolute atomic E-state index is 13.2. The molecule has 0 unspecified atom stereocenters. The third kappa shape index (κ3) is 5.67. The normalized spacial score (nSPS) is 14.3. The van der Waals surface area contributed by atoms with Crippen molar-refractivity contribution in [3.05, 3.63) is 115 Å². The minimum absolute atomic E-state index is 0.00315. The summed E-state index contributed by atoms with van der Waals surface area (Å²) in [6.45, 7) is 0.352. The Hall–Kier alpha value is -4.15. The number of nitro groups is 1. The molecule has 0 aromatic heterocycles. The smallest absolute Gasteiger partial charge is 0.293 e. The Labute approximate surface area is 236 Å². The van der Waals surface area contributed by atoms with E-state index in [2.05, 4.69) is 15.9 Å². The highest BCUT2D eigenvalue weighted by atomic mass is 79.9. The molecule has 0 spiro atoms. The molecule has 0 radical (unpaired) electrons. The Balaban J connectivity index is 1.34. The van der Waals surface area contributed by atoms with Crippen LogP contribution in [0.2, 0.25) is 0 Å². The van der Waals surface area contributed by atoms with E-state index in [1.165, 1.54) is 24.1 Å².